The maximum atomic E-state index is 11.5. The summed E-state index contributed by atoms with van der Waals surface area (Å²) < 4.78 is 5.35. The summed E-state index contributed by atoms with van der Waals surface area (Å²) in [5, 5.41) is 6.31. The molecule has 0 aromatic carbocycles. The normalized spacial score (nSPS) is 33.8. The third-order valence-corrected chi connectivity index (χ3v) is 3.42. The topological polar surface area (TPSA) is 50.4 Å². The van der Waals surface area contributed by atoms with E-state index in [9.17, 15) is 4.79 Å². The van der Waals surface area contributed by atoms with Gasteiger partial charge in [0.2, 0.25) is 5.91 Å². The number of hydrogen-bond donors (Lipinski definition) is 2. The zero-order chi connectivity index (χ0) is 10.7. The smallest absolute Gasteiger partial charge is 0.237 e. The van der Waals surface area contributed by atoms with Gasteiger partial charge in [0.15, 0.2) is 0 Å². The van der Waals surface area contributed by atoms with Crippen LogP contribution in [0.3, 0.4) is 0 Å². The second kappa shape index (κ2) is 4.94. The van der Waals surface area contributed by atoms with Gasteiger partial charge in [-0.25, -0.2) is 0 Å². The highest BCUT2D eigenvalue weighted by Gasteiger charge is 2.28. The summed E-state index contributed by atoms with van der Waals surface area (Å²) in [7, 11) is 0. The Hall–Kier alpha value is -0.610. The van der Waals surface area contributed by atoms with Gasteiger partial charge in [0.25, 0.3) is 0 Å². The van der Waals surface area contributed by atoms with Crippen LogP contribution < -0.4 is 10.6 Å². The van der Waals surface area contributed by atoms with Crippen LogP contribution >= 0.6 is 0 Å². The number of amides is 1. The number of piperidine rings is 1. The monoisotopic (exact) mass is 212 g/mol. The van der Waals surface area contributed by atoms with Gasteiger partial charge in [-0.05, 0) is 32.1 Å². The third-order valence-electron chi connectivity index (χ3n) is 3.42. The van der Waals surface area contributed by atoms with Gasteiger partial charge in [0.05, 0.1) is 12.6 Å². The summed E-state index contributed by atoms with van der Waals surface area (Å²) in [5.74, 6) is 0.728. The number of ether oxygens (including phenoxy) is 1. The molecule has 15 heavy (non-hydrogen) atoms. The van der Waals surface area contributed by atoms with E-state index in [0.29, 0.717) is 12.0 Å². The lowest BCUT2D eigenvalue weighted by atomic mass is 9.98. The van der Waals surface area contributed by atoms with Gasteiger partial charge >= 0.3 is 0 Å². The van der Waals surface area contributed by atoms with Crippen LogP contribution in [0.25, 0.3) is 0 Å². The zero-order valence-electron chi connectivity index (χ0n) is 9.29. The van der Waals surface area contributed by atoms with Crippen LogP contribution in [-0.4, -0.2) is 37.7 Å². The van der Waals surface area contributed by atoms with Crippen molar-refractivity contribution in [3.8, 4) is 0 Å². The summed E-state index contributed by atoms with van der Waals surface area (Å²) in [6.45, 7) is 4.69. The van der Waals surface area contributed by atoms with E-state index >= 15 is 0 Å². The van der Waals surface area contributed by atoms with Crippen molar-refractivity contribution in [3.63, 3.8) is 0 Å². The van der Waals surface area contributed by atoms with E-state index < -0.39 is 0 Å². The quantitative estimate of drug-likeness (QED) is 0.706. The summed E-state index contributed by atoms with van der Waals surface area (Å²) >= 11 is 0. The van der Waals surface area contributed by atoms with Gasteiger partial charge in [-0.3, -0.25) is 4.79 Å². The molecule has 1 amide bonds. The van der Waals surface area contributed by atoms with Gasteiger partial charge in [-0.2, -0.15) is 0 Å². The molecule has 2 aliphatic rings. The standard InChI is InChI=1S/C11H20N2O2/c1-8(9-4-6-15-7-9)13-10-3-2-5-12-11(10)14/h8-10,13H,2-7H2,1H3,(H,12,14). The van der Waals surface area contributed by atoms with Crippen molar-refractivity contribution in [3.05, 3.63) is 0 Å². The Kier molecular flexibility index (Phi) is 3.59. The fraction of sp³-hybridized carbons (Fsp3) is 0.909. The largest absolute Gasteiger partial charge is 0.381 e. The molecule has 3 unspecified atom stereocenters. The Balaban J connectivity index is 1.81. The lowest BCUT2D eigenvalue weighted by molar-refractivity contribution is -0.124. The predicted octanol–water partition coefficient (Wildman–Crippen LogP) is 0.280. The molecule has 0 aliphatic carbocycles. The maximum absolute atomic E-state index is 11.5. The van der Waals surface area contributed by atoms with Crippen LogP contribution in [0.1, 0.15) is 26.2 Å². The number of carbonyl (C=O) groups is 1. The summed E-state index contributed by atoms with van der Waals surface area (Å²) in [4.78, 5) is 11.5. The molecule has 0 spiro atoms. The van der Waals surface area contributed by atoms with E-state index in [1.807, 2.05) is 0 Å². The maximum Gasteiger partial charge on any atom is 0.237 e. The van der Waals surface area contributed by atoms with Crippen LogP contribution in [0.2, 0.25) is 0 Å². The molecule has 4 nitrogen and oxygen atoms in total. The van der Waals surface area contributed by atoms with E-state index in [1.54, 1.807) is 0 Å². The van der Waals surface area contributed by atoms with Gasteiger partial charge in [0.1, 0.15) is 0 Å². The second-order valence-electron chi connectivity index (χ2n) is 4.56. The number of rotatable bonds is 3. The van der Waals surface area contributed by atoms with E-state index in [1.165, 1.54) is 0 Å². The molecule has 2 fully saturated rings. The molecule has 0 aromatic heterocycles. The van der Waals surface area contributed by atoms with Crippen molar-refractivity contribution >= 4 is 5.91 Å². The zero-order valence-corrected chi connectivity index (χ0v) is 9.29. The van der Waals surface area contributed by atoms with Crippen molar-refractivity contribution in [2.75, 3.05) is 19.8 Å². The van der Waals surface area contributed by atoms with Crippen LogP contribution in [0.4, 0.5) is 0 Å². The SMILES string of the molecule is CC(NC1CCCNC1=O)C1CCOC1. The van der Waals surface area contributed by atoms with Crippen molar-refractivity contribution in [2.24, 2.45) is 5.92 Å². The summed E-state index contributed by atoms with van der Waals surface area (Å²) in [5.41, 5.74) is 0. The molecule has 0 saturated carbocycles. The lowest BCUT2D eigenvalue weighted by Crippen LogP contribution is -2.52. The van der Waals surface area contributed by atoms with Crippen LogP contribution in [0.15, 0.2) is 0 Å². The first-order chi connectivity index (χ1) is 7.27. The molecule has 0 aromatic rings. The van der Waals surface area contributed by atoms with Crippen molar-refractivity contribution in [1.82, 2.24) is 10.6 Å². The average molecular weight is 212 g/mol. The van der Waals surface area contributed by atoms with Gasteiger partial charge in [-0.1, -0.05) is 0 Å². The Morgan fingerprint density at radius 2 is 2.40 bits per heavy atom. The van der Waals surface area contributed by atoms with Crippen molar-refractivity contribution in [2.45, 2.75) is 38.3 Å². The second-order valence-corrected chi connectivity index (χ2v) is 4.56. The summed E-state index contributed by atoms with van der Waals surface area (Å²) in [6, 6.07) is 0.385. The third kappa shape index (κ3) is 2.69. The summed E-state index contributed by atoms with van der Waals surface area (Å²) in [6.07, 6.45) is 3.16. The highest BCUT2D eigenvalue weighted by Crippen LogP contribution is 2.17. The predicted molar refractivity (Wildman–Crippen MR) is 57.6 cm³/mol. The minimum Gasteiger partial charge on any atom is -0.381 e. The molecule has 86 valence electrons. The van der Waals surface area contributed by atoms with E-state index in [2.05, 4.69) is 17.6 Å². The van der Waals surface area contributed by atoms with Gasteiger partial charge < -0.3 is 15.4 Å². The molecule has 2 aliphatic heterocycles. The van der Waals surface area contributed by atoms with Gasteiger partial charge in [-0.15, -0.1) is 0 Å². The van der Waals surface area contributed by atoms with E-state index in [4.69, 9.17) is 4.74 Å². The molecule has 2 rings (SSSR count). The Morgan fingerprint density at radius 1 is 1.53 bits per heavy atom. The average Bonchev–Trinajstić information content (AvgIpc) is 2.74. The molecule has 2 heterocycles. The Labute approximate surface area is 90.8 Å². The molecule has 0 bridgehead atoms. The van der Waals surface area contributed by atoms with Crippen LogP contribution in [0.5, 0.6) is 0 Å². The Bertz CT molecular complexity index is 227. The first-order valence-corrected chi connectivity index (χ1v) is 5.89. The molecule has 2 saturated heterocycles. The first-order valence-electron chi connectivity index (χ1n) is 5.89. The highest BCUT2D eigenvalue weighted by molar-refractivity contribution is 5.82. The van der Waals surface area contributed by atoms with Crippen LogP contribution in [0, 0.1) is 5.92 Å². The van der Waals surface area contributed by atoms with E-state index in [0.717, 1.165) is 39.0 Å². The minimum absolute atomic E-state index is 0.00866. The fourth-order valence-electron chi connectivity index (χ4n) is 2.33. The van der Waals surface area contributed by atoms with Crippen LogP contribution in [-0.2, 0) is 9.53 Å². The number of hydrogen-bond acceptors (Lipinski definition) is 3. The number of carbonyl (C=O) groups excluding carboxylic acids is 1. The molecule has 0 radical (unpaired) electrons. The fourth-order valence-corrected chi connectivity index (χ4v) is 2.33. The molecular formula is C11H20N2O2. The van der Waals surface area contributed by atoms with Crippen molar-refractivity contribution in [1.29, 1.82) is 0 Å². The number of nitrogens with one attached hydrogen (secondary N) is 2. The lowest BCUT2D eigenvalue weighted by Gasteiger charge is -2.28. The minimum atomic E-state index is 0.00866. The van der Waals surface area contributed by atoms with Crippen molar-refractivity contribution < 1.29 is 9.53 Å². The molecule has 4 heteroatoms. The molecule has 3 atom stereocenters. The highest BCUT2D eigenvalue weighted by atomic mass is 16.5. The Morgan fingerprint density at radius 3 is 3.07 bits per heavy atom. The molecular weight excluding hydrogens is 192 g/mol. The van der Waals surface area contributed by atoms with E-state index in [-0.39, 0.29) is 11.9 Å². The first kappa shape index (κ1) is 10.9. The molecule has 2 N–H and O–H groups in total. The van der Waals surface area contributed by atoms with Gasteiger partial charge in [0, 0.05) is 19.2 Å².